The number of benzene rings is 1. The Morgan fingerprint density at radius 3 is 2.52 bits per heavy atom. The van der Waals surface area contributed by atoms with Crippen LogP contribution in [0.5, 0.6) is 0 Å². The van der Waals surface area contributed by atoms with E-state index < -0.39 is 0 Å². The summed E-state index contributed by atoms with van der Waals surface area (Å²) >= 11 is 0. The number of nitrogens with zero attached hydrogens (tertiary/aromatic N) is 3. The normalized spacial score (nSPS) is 14.6. The van der Waals surface area contributed by atoms with Crippen molar-refractivity contribution in [2.75, 3.05) is 38.0 Å². The number of anilines is 1. The van der Waals surface area contributed by atoms with Crippen LogP contribution in [0.2, 0.25) is 0 Å². The van der Waals surface area contributed by atoms with Gasteiger partial charge < -0.3 is 24.9 Å². The van der Waals surface area contributed by atoms with Crippen LogP contribution in [0.1, 0.15) is 30.0 Å². The third kappa shape index (κ3) is 5.60. The Morgan fingerprint density at radius 2 is 1.86 bits per heavy atom. The molecular weight excluding hydrogens is 370 g/mol. The molecule has 2 amide bonds. The predicted octanol–water partition coefficient (Wildman–Crippen LogP) is 2.16. The Labute approximate surface area is 170 Å². The lowest BCUT2D eigenvalue weighted by atomic mass is 10.2. The Bertz CT molecular complexity index is 855. The summed E-state index contributed by atoms with van der Waals surface area (Å²) in [6, 6.07) is 11.1. The number of guanidine groups is 1. The van der Waals surface area contributed by atoms with Gasteiger partial charge in [0.2, 0.25) is 5.91 Å². The third-order valence-corrected chi connectivity index (χ3v) is 4.59. The highest BCUT2D eigenvalue weighted by Gasteiger charge is 2.25. The summed E-state index contributed by atoms with van der Waals surface area (Å²) in [5.74, 6) is 1.02. The second-order valence-electron chi connectivity index (χ2n) is 6.81. The molecule has 0 atom stereocenters. The molecule has 2 N–H and O–H groups in total. The fourth-order valence-corrected chi connectivity index (χ4v) is 3.22. The summed E-state index contributed by atoms with van der Waals surface area (Å²) in [5, 5.41) is 6.11. The molecule has 0 spiro atoms. The van der Waals surface area contributed by atoms with Crippen LogP contribution < -0.4 is 10.6 Å². The topological polar surface area (TPSA) is 90.2 Å². The van der Waals surface area contributed by atoms with Crippen molar-refractivity contribution < 1.29 is 14.0 Å². The zero-order valence-corrected chi connectivity index (χ0v) is 16.9. The minimum atomic E-state index is -0.0963. The second kappa shape index (κ2) is 9.77. The van der Waals surface area contributed by atoms with Gasteiger partial charge in [-0.2, -0.15) is 0 Å². The number of piperazine rings is 1. The molecule has 154 valence electrons. The zero-order valence-electron chi connectivity index (χ0n) is 16.9. The molecule has 0 aliphatic carbocycles. The van der Waals surface area contributed by atoms with E-state index in [-0.39, 0.29) is 11.8 Å². The van der Waals surface area contributed by atoms with Gasteiger partial charge in [-0.05, 0) is 36.8 Å². The summed E-state index contributed by atoms with van der Waals surface area (Å²) in [5.41, 5.74) is 1.78. The highest BCUT2D eigenvalue weighted by molar-refractivity contribution is 5.91. The molecule has 1 saturated heterocycles. The Morgan fingerprint density at radius 1 is 1.10 bits per heavy atom. The Hall–Kier alpha value is -3.29. The summed E-state index contributed by atoms with van der Waals surface area (Å²) in [6.45, 7) is 7.41. The van der Waals surface area contributed by atoms with Gasteiger partial charge in [0.1, 0.15) is 0 Å². The van der Waals surface area contributed by atoms with Crippen molar-refractivity contribution in [3.63, 3.8) is 0 Å². The van der Waals surface area contributed by atoms with Gasteiger partial charge in [-0.1, -0.05) is 12.1 Å². The van der Waals surface area contributed by atoms with Crippen molar-refractivity contribution in [1.82, 2.24) is 15.1 Å². The van der Waals surface area contributed by atoms with Crippen LogP contribution in [-0.4, -0.2) is 60.3 Å². The zero-order chi connectivity index (χ0) is 20.6. The quantitative estimate of drug-likeness (QED) is 0.596. The maximum absolute atomic E-state index is 12.4. The van der Waals surface area contributed by atoms with E-state index in [1.54, 1.807) is 17.0 Å². The molecule has 0 radical (unpaired) electrons. The molecule has 8 nitrogen and oxygen atoms in total. The molecule has 0 unspecified atom stereocenters. The highest BCUT2D eigenvalue weighted by Crippen LogP contribution is 2.13. The fraction of sp³-hybridized carbons (Fsp3) is 0.381. The number of amides is 2. The van der Waals surface area contributed by atoms with E-state index in [4.69, 9.17) is 9.41 Å². The first-order valence-corrected chi connectivity index (χ1v) is 9.79. The number of aliphatic imine (C=N–C) groups is 1. The molecule has 2 aromatic rings. The lowest BCUT2D eigenvalue weighted by Crippen LogP contribution is -2.53. The fourth-order valence-electron chi connectivity index (χ4n) is 3.22. The maximum atomic E-state index is 12.4. The molecule has 1 aromatic carbocycles. The van der Waals surface area contributed by atoms with Crippen molar-refractivity contribution in [1.29, 1.82) is 0 Å². The van der Waals surface area contributed by atoms with E-state index in [9.17, 15) is 9.59 Å². The van der Waals surface area contributed by atoms with Gasteiger partial charge in [0.15, 0.2) is 11.7 Å². The number of hydrogen-bond donors (Lipinski definition) is 2. The van der Waals surface area contributed by atoms with Gasteiger partial charge in [0.25, 0.3) is 5.91 Å². The molecule has 29 heavy (non-hydrogen) atoms. The molecule has 2 heterocycles. The van der Waals surface area contributed by atoms with Crippen molar-refractivity contribution in [3.8, 4) is 0 Å². The number of furan rings is 1. The highest BCUT2D eigenvalue weighted by atomic mass is 16.3. The van der Waals surface area contributed by atoms with E-state index in [1.807, 2.05) is 31.2 Å². The van der Waals surface area contributed by atoms with Crippen molar-refractivity contribution >= 4 is 23.5 Å². The summed E-state index contributed by atoms with van der Waals surface area (Å²) in [4.78, 5) is 32.4. The minimum absolute atomic E-state index is 0.0774. The van der Waals surface area contributed by atoms with Gasteiger partial charge in [-0.25, -0.2) is 4.99 Å². The first-order valence-electron chi connectivity index (χ1n) is 9.79. The van der Waals surface area contributed by atoms with Gasteiger partial charge >= 0.3 is 0 Å². The van der Waals surface area contributed by atoms with Crippen LogP contribution in [-0.2, 0) is 11.3 Å². The monoisotopic (exact) mass is 397 g/mol. The first-order chi connectivity index (χ1) is 14.1. The lowest BCUT2D eigenvalue weighted by molar-refractivity contribution is -0.114. The summed E-state index contributed by atoms with van der Waals surface area (Å²) < 4.78 is 5.22. The van der Waals surface area contributed by atoms with Crippen LogP contribution in [0.3, 0.4) is 0 Å². The Balaban J connectivity index is 1.61. The van der Waals surface area contributed by atoms with E-state index >= 15 is 0 Å². The van der Waals surface area contributed by atoms with E-state index in [2.05, 4.69) is 15.5 Å². The largest absolute Gasteiger partial charge is 0.459 e. The van der Waals surface area contributed by atoms with E-state index in [1.165, 1.54) is 13.2 Å². The first kappa shape index (κ1) is 20.4. The molecule has 1 fully saturated rings. The molecule has 1 aliphatic rings. The van der Waals surface area contributed by atoms with Crippen LogP contribution >= 0.6 is 0 Å². The molecule has 0 bridgehead atoms. The van der Waals surface area contributed by atoms with Crippen molar-refractivity contribution in [3.05, 3.63) is 54.0 Å². The number of rotatable bonds is 5. The number of nitrogens with one attached hydrogen (secondary N) is 2. The molecule has 1 aromatic heterocycles. The maximum Gasteiger partial charge on any atom is 0.289 e. The van der Waals surface area contributed by atoms with E-state index in [0.29, 0.717) is 38.5 Å². The number of carbonyl (C=O) groups excluding carboxylic acids is 2. The SMILES string of the molecule is CCNC(=NCc1cccc(NC(C)=O)c1)N1CCN(C(=O)c2ccco2)CC1. The second-order valence-corrected chi connectivity index (χ2v) is 6.81. The molecule has 8 heteroatoms. The Kier molecular flexibility index (Phi) is 6.89. The van der Waals surface area contributed by atoms with Crippen LogP contribution in [0.25, 0.3) is 0 Å². The minimum Gasteiger partial charge on any atom is -0.459 e. The number of hydrogen-bond acceptors (Lipinski definition) is 4. The van der Waals surface area contributed by atoms with Crippen molar-refractivity contribution in [2.45, 2.75) is 20.4 Å². The lowest BCUT2D eigenvalue weighted by Gasteiger charge is -2.36. The van der Waals surface area contributed by atoms with Gasteiger partial charge in [0.05, 0.1) is 12.8 Å². The van der Waals surface area contributed by atoms with E-state index in [0.717, 1.165) is 23.8 Å². The smallest absolute Gasteiger partial charge is 0.289 e. The summed E-state index contributed by atoms with van der Waals surface area (Å²) in [6.07, 6.45) is 1.51. The van der Waals surface area contributed by atoms with Gasteiger partial charge in [-0.3, -0.25) is 9.59 Å². The van der Waals surface area contributed by atoms with Crippen LogP contribution in [0, 0.1) is 0 Å². The average Bonchev–Trinajstić information content (AvgIpc) is 3.25. The molecule has 0 saturated carbocycles. The van der Waals surface area contributed by atoms with Crippen molar-refractivity contribution in [2.24, 2.45) is 4.99 Å². The standard InChI is InChI=1S/C21H27N5O3/c1-3-22-21(23-15-17-6-4-7-18(14-17)24-16(2)27)26-11-9-25(10-12-26)20(28)19-8-5-13-29-19/h4-8,13-14H,3,9-12,15H2,1-2H3,(H,22,23)(H,24,27). The number of carbonyl (C=O) groups is 2. The third-order valence-electron chi connectivity index (χ3n) is 4.59. The van der Waals surface area contributed by atoms with Crippen LogP contribution in [0.15, 0.2) is 52.1 Å². The average molecular weight is 397 g/mol. The summed E-state index contributed by atoms with van der Waals surface area (Å²) in [7, 11) is 0. The molecular formula is C21H27N5O3. The van der Waals surface area contributed by atoms with Crippen LogP contribution in [0.4, 0.5) is 5.69 Å². The molecule has 3 rings (SSSR count). The van der Waals surface area contributed by atoms with Gasteiger partial charge in [-0.15, -0.1) is 0 Å². The molecule has 1 aliphatic heterocycles. The van der Waals surface area contributed by atoms with Gasteiger partial charge in [0, 0.05) is 45.3 Å². The predicted molar refractivity (Wildman–Crippen MR) is 112 cm³/mol.